The molecule has 0 bridgehead atoms. The van der Waals surface area contributed by atoms with E-state index in [1.807, 2.05) is 30.3 Å². The zero-order chi connectivity index (χ0) is 18.1. The first-order valence-electron chi connectivity index (χ1n) is 9.44. The standard InChI is InChI=1S/C22H25FN2O/c1-16(14-18-7-3-5-9-20(18)23)25-13-12-22(15-25)11-10-17-6-2-4-8-19(17)21(26)24-22/h2-9,16H,10-15H2,1H3,(H,24,26)/t16-,22-/m1/s1. The molecule has 1 amide bonds. The molecule has 0 aliphatic carbocycles. The van der Waals surface area contributed by atoms with Crippen LogP contribution in [-0.2, 0) is 12.8 Å². The normalized spacial score (nSPS) is 24.2. The number of hydrogen-bond donors (Lipinski definition) is 1. The smallest absolute Gasteiger partial charge is 0.252 e. The first-order valence-corrected chi connectivity index (χ1v) is 9.44. The number of hydrogen-bond acceptors (Lipinski definition) is 2. The fourth-order valence-electron chi connectivity index (χ4n) is 4.40. The molecule has 0 aromatic heterocycles. The number of nitrogens with zero attached hydrogens (tertiary/aromatic N) is 1. The van der Waals surface area contributed by atoms with Crippen molar-refractivity contribution in [2.45, 2.75) is 44.2 Å². The van der Waals surface area contributed by atoms with Gasteiger partial charge in [0, 0.05) is 24.7 Å². The van der Waals surface area contributed by atoms with Crippen molar-refractivity contribution in [3.8, 4) is 0 Å². The van der Waals surface area contributed by atoms with Crippen LogP contribution >= 0.6 is 0 Å². The van der Waals surface area contributed by atoms with E-state index < -0.39 is 0 Å². The lowest BCUT2D eigenvalue weighted by atomic mass is 9.91. The van der Waals surface area contributed by atoms with Gasteiger partial charge in [-0.1, -0.05) is 36.4 Å². The van der Waals surface area contributed by atoms with Crippen LogP contribution in [0.5, 0.6) is 0 Å². The molecule has 136 valence electrons. The molecule has 2 atom stereocenters. The van der Waals surface area contributed by atoms with E-state index in [2.05, 4.69) is 23.2 Å². The second-order valence-corrected chi connectivity index (χ2v) is 7.76. The van der Waals surface area contributed by atoms with Crippen molar-refractivity contribution < 1.29 is 9.18 Å². The summed E-state index contributed by atoms with van der Waals surface area (Å²) in [6.07, 6.45) is 3.52. The number of carbonyl (C=O) groups is 1. The van der Waals surface area contributed by atoms with Crippen molar-refractivity contribution in [1.82, 2.24) is 10.2 Å². The van der Waals surface area contributed by atoms with E-state index in [0.717, 1.165) is 49.0 Å². The van der Waals surface area contributed by atoms with Crippen molar-refractivity contribution in [3.63, 3.8) is 0 Å². The van der Waals surface area contributed by atoms with Gasteiger partial charge >= 0.3 is 0 Å². The van der Waals surface area contributed by atoms with Gasteiger partial charge in [-0.2, -0.15) is 0 Å². The van der Waals surface area contributed by atoms with Gasteiger partial charge in [0.1, 0.15) is 5.82 Å². The fourth-order valence-corrected chi connectivity index (χ4v) is 4.40. The van der Waals surface area contributed by atoms with Crippen LogP contribution in [0.2, 0.25) is 0 Å². The largest absolute Gasteiger partial charge is 0.345 e. The molecule has 1 fully saturated rings. The van der Waals surface area contributed by atoms with Gasteiger partial charge in [0.05, 0.1) is 5.54 Å². The predicted molar refractivity (Wildman–Crippen MR) is 101 cm³/mol. The van der Waals surface area contributed by atoms with Crippen molar-refractivity contribution in [3.05, 3.63) is 71.0 Å². The van der Waals surface area contributed by atoms with Crippen molar-refractivity contribution in [2.75, 3.05) is 13.1 Å². The number of halogens is 1. The summed E-state index contributed by atoms with van der Waals surface area (Å²) in [5, 5.41) is 3.32. The Kier molecular flexibility index (Phi) is 4.53. The van der Waals surface area contributed by atoms with Crippen molar-refractivity contribution in [1.29, 1.82) is 0 Å². The Labute approximate surface area is 154 Å². The maximum atomic E-state index is 14.0. The number of aryl methyl sites for hydroxylation is 1. The molecule has 0 saturated carbocycles. The maximum Gasteiger partial charge on any atom is 0.252 e. The third kappa shape index (κ3) is 3.26. The number of fused-ring (bicyclic) bond motifs is 1. The highest BCUT2D eigenvalue weighted by Gasteiger charge is 2.42. The zero-order valence-electron chi connectivity index (χ0n) is 15.2. The third-order valence-electron chi connectivity index (χ3n) is 5.99. The summed E-state index contributed by atoms with van der Waals surface area (Å²) >= 11 is 0. The highest BCUT2D eigenvalue weighted by molar-refractivity contribution is 5.96. The van der Waals surface area contributed by atoms with E-state index >= 15 is 0 Å². The minimum Gasteiger partial charge on any atom is -0.345 e. The molecule has 2 aromatic carbocycles. The monoisotopic (exact) mass is 352 g/mol. The van der Waals surface area contributed by atoms with Crippen LogP contribution in [-0.4, -0.2) is 35.5 Å². The van der Waals surface area contributed by atoms with Crippen LogP contribution < -0.4 is 5.32 Å². The van der Waals surface area contributed by atoms with Crippen LogP contribution in [0.1, 0.15) is 41.3 Å². The summed E-state index contributed by atoms with van der Waals surface area (Å²) in [5.74, 6) is -0.0896. The SMILES string of the molecule is C[C@H](Cc1ccccc1F)N1CC[C@]2(CCc3ccccc3C(=O)N2)C1. The van der Waals surface area contributed by atoms with E-state index in [0.29, 0.717) is 6.42 Å². The lowest BCUT2D eigenvalue weighted by Gasteiger charge is -2.31. The van der Waals surface area contributed by atoms with E-state index in [1.165, 1.54) is 6.07 Å². The summed E-state index contributed by atoms with van der Waals surface area (Å²) in [4.78, 5) is 15.1. The molecule has 0 radical (unpaired) electrons. The number of carbonyl (C=O) groups excluding carboxylic acids is 1. The summed E-state index contributed by atoms with van der Waals surface area (Å²) in [5.41, 5.74) is 2.54. The molecular weight excluding hydrogens is 327 g/mol. The molecule has 2 aliphatic heterocycles. The molecular formula is C22H25FN2O. The number of rotatable bonds is 3. The molecule has 0 unspecified atom stereocenters. The molecule has 2 aliphatic rings. The zero-order valence-corrected chi connectivity index (χ0v) is 15.2. The average molecular weight is 352 g/mol. The first kappa shape index (κ1) is 17.2. The lowest BCUT2D eigenvalue weighted by molar-refractivity contribution is 0.0899. The minimum absolute atomic E-state index is 0.0432. The Morgan fingerprint density at radius 1 is 1.15 bits per heavy atom. The summed E-state index contributed by atoms with van der Waals surface area (Å²) < 4.78 is 14.0. The fraction of sp³-hybridized carbons (Fsp3) is 0.409. The molecule has 1 saturated heterocycles. The van der Waals surface area contributed by atoms with Crippen LogP contribution in [0.25, 0.3) is 0 Å². The van der Waals surface area contributed by atoms with Crippen LogP contribution in [0, 0.1) is 5.82 Å². The predicted octanol–water partition coefficient (Wildman–Crippen LogP) is 3.58. The third-order valence-corrected chi connectivity index (χ3v) is 5.99. The Morgan fingerprint density at radius 2 is 1.92 bits per heavy atom. The lowest BCUT2D eigenvalue weighted by Crippen LogP contribution is -2.50. The van der Waals surface area contributed by atoms with Gasteiger partial charge in [-0.15, -0.1) is 0 Å². The second-order valence-electron chi connectivity index (χ2n) is 7.76. The topological polar surface area (TPSA) is 32.3 Å². The van der Waals surface area contributed by atoms with Gasteiger partial charge in [-0.3, -0.25) is 9.69 Å². The Morgan fingerprint density at radius 3 is 2.77 bits per heavy atom. The minimum atomic E-state index is -0.167. The summed E-state index contributed by atoms with van der Waals surface area (Å²) in [7, 11) is 0. The summed E-state index contributed by atoms with van der Waals surface area (Å²) in [6, 6.07) is 15.1. The number of likely N-dealkylation sites (tertiary alicyclic amines) is 1. The number of amides is 1. The van der Waals surface area contributed by atoms with E-state index in [-0.39, 0.29) is 23.3 Å². The molecule has 4 rings (SSSR count). The van der Waals surface area contributed by atoms with E-state index in [9.17, 15) is 9.18 Å². The van der Waals surface area contributed by atoms with E-state index in [1.54, 1.807) is 6.07 Å². The Balaban J connectivity index is 1.46. The van der Waals surface area contributed by atoms with Crippen LogP contribution in [0.15, 0.2) is 48.5 Å². The second kappa shape index (κ2) is 6.84. The van der Waals surface area contributed by atoms with Gasteiger partial charge < -0.3 is 5.32 Å². The Hall–Kier alpha value is -2.20. The quantitative estimate of drug-likeness (QED) is 0.916. The molecule has 1 spiro atoms. The van der Waals surface area contributed by atoms with Crippen molar-refractivity contribution >= 4 is 5.91 Å². The molecule has 2 heterocycles. The van der Waals surface area contributed by atoms with E-state index in [4.69, 9.17) is 0 Å². The molecule has 3 nitrogen and oxygen atoms in total. The molecule has 2 aromatic rings. The van der Waals surface area contributed by atoms with Crippen molar-refractivity contribution in [2.24, 2.45) is 0 Å². The average Bonchev–Trinajstić information content (AvgIpc) is 3.00. The number of benzene rings is 2. The molecule has 26 heavy (non-hydrogen) atoms. The van der Waals surface area contributed by atoms with Crippen LogP contribution in [0.4, 0.5) is 4.39 Å². The first-order chi connectivity index (χ1) is 12.6. The highest BCUT2D eigenvalue weighted by Crippen LogP contribution is 2.32. The maximum absolute atomic E-state index is 14.0. The van der Waals surface area contributed by atoms with Gasteiger partial charge in [0.15, 0.2) is 0 Å². The van der Waals surface area contributed by atoms with Gasteiger partial charge in [-0.25, -0.2) is 4.39 Å². The Bertz CT molecular complexity index is 821. The molecule has 1 N–H and O–H groups in total. The number of nitrogens with one attached hydrogen (secondary N) is 1. The molecule has 4 heteroatoms. The van der Waals surface area contributed by atoms with Crippen LogP contribution in [0.3, 0.4) is 0 Å². The van der Waals surface area contributed by atoms with Gasteiger partial charge in [0.25, 0.3) is 5.91 Å². The van der Waals surface area contributed by atoms with Gasteiger partial charge in [-0.05, 0) is 55.9 Å². The highest BCUT2D eigenvalue weighted by atomic mass is 19.1. The summed E-state index contributed by atoms with van der Waals surface area (Å²) in [6.45, 7) is 3.92. The van der Waals surface area contributed by atoms with Gasteiger partial charge in [0.2, 0.25) is 0 Å².